The number of benzene rings is 1. The second-order valence-electron chi connectivity index (χ2n) is 4.75. The van der Waals surface area contributed by atoms with E-state index in [0.29, 0.717) is 11.3 Å². The fourth-order valence-corrected chi connectivity index (χ4v) is 2.10. The van der Waals surface area contributed by atoms with Gasteiger partial charge < -0.3 is 15.6 Å². The maximum atomic E-state index is 11.9. The third-order valence-corrected chi connectivity index (χ3v) is 3.17. The number of hydrogen-bond donors (Lipinski definition) is 3. The highest BCUT2D eigenvalue weighted by Crippen LogP contribution is 2.17. The summed E-state index contributed by atoms with van der Waals surface area (Å²) in [6.07, 6.45) is 4.87. The van der Waals surface area contributed by atoms with Crippen LogP contribution in [0.3, 0.4) is 0 Å². The van der Waals surface area contributed by atoms with E-state index < -0.39 is 0 Å². The van der Waals surface area contributed by atoms with E-state index in [1.165, 1.54) is 6.20 Å². The summed E-state index contributed by atoms with van der Waals surface area (Å²) in [4.78, 5) is 30.6. The van der Waals surface area contributed by atoms with Crippen LogP contribution in [0, 0.1) is 0 Å². The van der Waals surface area contributed by atoms with Gasteiger partial charge in [0.05, 0.1) is 12.1 Å². The van der Waals surface area contributed by atoms with Gasteiger partial charge in [0.25, 0.3) is 5.91 Å². The molecular weight excluding hydrogens is 280 g/mol. The molecule has 0 radical (unpaired) electrons. The summed E-state index contributed by atoms with van der Waals surface area (Å²) in [7, 11) is 0. The van der Waals surface area contributed by atoms with Gasteiger partial charge in [0.15, 0.2) is 0 Å². The normalized spacial score (nSPS) is 10.4. The summed E-state index contributed by atoms with van der Waals surface area (Å²) in [5, 5.41) is 6.31. The van der Waals surface area contributed by atoms with Crippen LogP contribution in [0.4, 0.5) is 5.69 Å². The van der Waals surface area contributed by atoms with Crippen LogP contribution < -0.4 is 10.6 Å². The predicted molar refractivity (Wildman–Crippen MR) is 83.5 cm³/mol. The fourth-order valence-electron chi connectivity index (χ4n) is 2.10. The van der Waals surface area contributed by atoms with Gasteiger partial charge in [-0.25, -0.2) is 0 Å². The van der Waals surface area contributed by atoms with Crippen molar-refractivity contribution in [2.75, 3.05) is 11.9 Å². The maximum Gasteiger partial charge on any atom is 0.253 e. The third kappa shape index (κ3) is 3.12. The van der Waals surface area contributed by atoms with Gasteiger partial charge >= 0.3 is 0 Å². The molecule has 0 fully saturated rings. The van der Waals surface area contributed by atoms with Crippen LogP contribution in [-0.2, 0) is 4.79 Å². The molecule has 6 nitrogen and oxygen atoms in total. The number of aromatic amines is 1. The zero-order valence-electron chi connectivity index (χ0n) is 11.7. The molecule has 3 aromatic rings. The van der Waals surface area contributed by atoms with E-state index in [0.717, 1.165) is 10.9 Å². The van der Waals surface area contributed by atoms with E-state index >= 15 is 0 Å². The van der Waals surface area contributed by atoms with Gasteiger partial charge in [-0.1, -0.05) is 0 Å². The predicted octanol–water partition coefficient (Wildman–Crippen LogP) is 1.93. The topological polar surface area (TPSA) is 86.9 Å². The van der Waals surface area contributed by atoms with Gasteiger partial charge in [0.1, 0.15) is 0 Å². The number of H-pyrrole nitrogens is 1. The molecule has 110 valence electrons. The number of carbonyl (C=O) groups is 2. The average Bonchev–Trinajstić information content (AvgIpc) is 3.01. The summed E-state index contributed by atoms with van der Waals surface area (Å²) in [6.45, 7) is -0.0983. The first kappa shape index (κ1) is 13.8. The molecule has 2 heterocycles. The van der Waals surface area contributed by atoms with Gasteiger partial charge in [0.2, 0.25) is 5.91 Å². The molecule has 0 aliphatic rings. The number of nitrogens with one attached hydrogen (secondary N) is 3. The lowest BCUT2D eigenvalue weighted by Gasteiger charge is -2.07. The van der Waals surface area contributed by atoms with Crippen LogP contribution in [0.15, 0.2) is 55.0 Å². The minimum atomic E-state index is -0.329. The van der Waals surface area contributed by atoms with Crippen molar-refractivity contribution >= 4 is 28.4 Å². The Morgan fingerprint density at radius 3 is 2.91 bits per heavy atom. The van der Waals surface area contributed by atoms with Crippen molar-refractivity contribution in [3.63, 3.8) is 0 Å². The summed E-state index contributed by atoms with van der Waals surface area (Å²) >= 11 is 0. The Morgan fingerprint density at radius 2 is 2.09 bits per heavy atom. The Bertz CT molecular complexity index is 811. The molecule has 22 heavy (non-hydrogen) atoms. The molecule has 0 spiro atoms. The van der Waals surface area contributed by atoms with Gasteiger partial charge in [0, 0.05) is 35.2 Å². The second-order valence-corrected chi connectivity index (χ2v) is 4.75. The number of pyridine rings is 1. The molecule has 3 N–H and O–H groups in total. The molecule has 0 atom stereocenters. The number of nitrogens with zero attached hydrogens (tertiary/aromatic N) is 1. The maximum absolute atomic E-state index is 11.9. The molecule has 0 aliphatic carbocycles. The number of fused-ring (bicyclic) bond motifs is 1. The lowest BCUT2D eigenvalue weighted by molar-refractivity contribution is -0.115. The number of rotatable bonds is 4. The lowest BCUT2D eigenvalue weighted by Crippen LogP contribution is -2.32. The van der Waals surface area contributed by atoms with Crippen LogP contribution in [0.5, 0.6) is 0 Å². The van der Waals surface area contributed by atoms with Crippen molar-refractivity contribution in [1.29, 1.82) is 0 Å². The van der Waals surface area contributed by atoms with Gasteiger partial charge in [-0.3, -0.25) is 14.6 Å². The van der Waals surface area contributed by atoms with Crippen LogP contribution in [0.2, 0.25) is 0 Å². The van der Waals surface area contributed by atoms with E-state index in [1.807, 2.05) is 24.4 Å². The molecule has 0 aliphatic heterocycles. The Morgan fingerprint density at radius 1 is 1.18 bits per heavy atom. The molecule has 3 rings (SSSR count). The Kier molecular flexibility index (Phi) is 3.82. The number of carbonyl (C=O) groups excluding carboxylic acids is 2. The SMILES string of the molecule is O=C(CNC(=O)c1cccnc1)Nc1ccc2[nH]ccc2c1. The Balaban J connectivity index is 1.57. The van der Waals surface area contributed by atoms with E-state index in [9.17, 15) is 9.59 Å². The zero-order valence-corrected chi connectivity index (χ0v) is 11.7. The highest BCUT2D eigenvalue weighted by molar-refractivity contribution is 5.99. The molecule has 0 saturated carbocycles. The van der Waals surface area contributed by atoms with Gasteiger partial charge in [-0.15, -0.1) is 0 Å². The van der Waals surface area contributed by atoms with Crippen molar-refractivity contribution in [3.05, 3.63) is 60.6 Å². The van der Waals surface area contributed by atoms with Crippen LogP contribution >= 0.6 is 0 Å². The highest BCUT2D eigenvalue weighted by atomic mass is 16.2. The van der Waals surface area contributed by atoms with Crippen LogP contribution in [0.25, 0.3) is 10.9 Å². The first-order valence-electron chi connectivity index (χ1n) is 6.77. The number of hydrogen-bond acceptors (Lipinski definition) is 3. The molecule has 1 aromatic carbocycles. The van der Waals surface area contributed by atoms with Crippen molar-refractivity contribution in [2.45, 2.75) is 0 Å². The molecule has 0 unspecified atom stereocenters. The quantitative estimate of drug-likeness (QED) is 0.687. The Labute approximate surface area is 126 Å². The van der Waals surface area contributed by atoms with E-state index in [1.54, 1.807) is 24.4 Å². The standard InChI is InChI=1S/C16H14N4O2/c21-15(10-19-16(22)12-2-1-6-17-9-12)20-13-3-4-14-11(8-13)5-7-18-14/h1-9,18H,10H2,(H,19,22)(H,20,21). The van der Waals surface area contributed by atoms with E-state index in [-0.39, 0.29) is 18.4 Å². The third-order valence-electron chi connectivity index (χ3n) is 3.17. The van der Waals surface area contributed by atoms with E-state index in [4.69, 9.17) is 0 Å². The average molecular weight is 294 g/mol. The molecular formula is C16H14N4O2. The number of amides is 2. The minimum absolute atomic E-state index is 0.0983. The molecule has 2 amide bonds. The Hall–Kier alpha value is -3.15. The first-order valence-corrected chi connectivity index (χ1v) is 6.77. The number of aromatic nitrogens is 2. The summed E-state index contributed by atoms with van der Waals surface area (Å²) < 4.78 is 0. The van der Waals surface area contributed by atoms with Gasteiger partial charge in [-0.2, -0.15) is 0 Å². The molecule has 2 aromatic heterocycles. The van der Waals surface area contributed by atoms with Crippen LogP contribution in [0.1, 0.15) is 10.4 Å². The zero-order chi connectivity index (χ0) is 15.4. The smallest absolute Gasteiger partial charge is 0.253 e. The molecule has 0 saturated heterocycles. The second kappa shape index (κ2) is 6.09. The highest BCUT2D eigenvalue weighted by Gasteiger charge is 2.08. The van der Waals surface area contributed by atoms with Crippen molar-refractivity contribution in [1.82, 2.24) is 15.3 Å². The lowest BCUT2D eigenvalue weighted by atomic mass is 10.2. The van der Waals surface area contributed by atoms with Crippen molar-refractivity contribution in [2.24, 2.45) is 0 Å². The molecule has 0 bridgehead atoms. The fraction of sp³-hybridized carbons (Fsp3) is 0.0625. The monoisotopic (exact) mass is 294 g/mol. The summed E-state index contributed by atoms with van der Waals surface area (Å²) in [5.74, 6) is -0.614. The summed E-state index contributed by atoms with van der Waals surface area (Å²) in [5.41, 5.74) is 2.11. The minimum Gasteiger partial charge on any atom is -0.361 e. The molecule has 6 heteroatoms. The van der Waals surface area contributed by atoms with Gasteiger partial charge in [-0.05, 0) is 36.4 Å². The van der Waals surface area contributed by atoms with E-state index in [2.05, 4.69) is 20.6 Å². The van der Waals surface area contributed by atoms with Crippen LogP contribution in [-0.4, -0.2) is 28.3 Å². The largest absolute Gasteiger partial charge is 0.361 e. The van der Waals surface area contributed by atoms with Crippen molar-refractivity contribution < 1.29 is 9.59 Å². The van der Waals surface area contributed by atoms with Crippen molar-refractivity contribution in [3.8, 4) is 0 Å². The first-order chi connectivity index (χ1) is 10.7. The summed E-state index contributed by atoms with van der Waals surface area (Å²) in [6, 6.07) is 10.8. The number of anilines is 1.